The van der Waals surface area contributed by atoms with E-state index in [-0.39, 0.29) is 0 Å². The van der Waals surface area contributed by atoms with Crippen LogP contribution in [-0.2, 0) is 4.74 Å². The van der Waals surface area contributed by atoms with Crippen LogP contribution in [0.4, 0.5) is 5.69 Å². The molecule has 1 atom stereocenters. The second kappa shape index (κ2) is 8.14. The molecule has 3 aromatic heterocycles. The minimum absolute atomic E-state index is 0.446. The molecule has 0 bridgehead atoms. The number of hydrogen-bond acceptors (Lipinski definition) is 8. The van der Waals surface area contributed by atoms with E-state index in [4.69, 9.17) is 4.74 Å². The Morgan fingerprint density at radius 1 is 1.10 bits per heavy atom. The lowest BCUT2D eigenvalue weighted by atomic mass is 9.99. The highest BCUT2D eigenvalue weighted by atomic mass is 32.1. The SMILES string of the molecule is N#CC(c1cncc(-c2ncnc3cc(N4CCOCC4)ccc23)c1)c1nccs1. The molecule has 8 heteroatoms. The van der Waals surface area contributed by atoms with Crippen LogP contribution in [-0.4, -0.2) is 46.2 Å². The van der Waals surface area contributed by atoms with Crippen molar-refractivity contribution in [3.05, 3.63) is 65.1 Å². The molecule has 148 valence electrons. The maximum absolute atomic E-state index is 9.69. The van der Waals surface area contributed by atoms with E-state index in [1.54, 1.807) is 24.9 Å². The van der Waals surface area contributed by atoms with Gasteiger partial charge in [0.25, 0.3) is 0 Å². The average molecular weight is 414 g/mol. The molecule has 7 nitrogen and oxygen atoms in total. The Balaban J connectivity index is 1.54. The Bertz CT molecular complexity index is 1210. The Kier molecular flexibility index (Phi) is 5.05. The van der Waals surface area contributed by atoms with E-state index in [1.165, 1.54) is 11.3 Å². The number of ether oxygens (including phenoxy) is 1. The van der Waals surface area contributed by atoms with Crippen molar-refractivity contribution in [3.63, 3.8) is 0 Å². The van der Waals surface area contributed by atoms with Crippen molar-refractivity contribution < 1.29 is 4.74 Å². The van der Waals surface area contributed by atoms with Crippen LogP contribution in [0.2, 0.25) is 0 Å². The first-order valence-corrected chi connectivity index (χ1v) is 10.5. The second-order valence-electron chi connectivity index (χ2n) is 6.96. The van der Waals surface area contributed by atoms with E-state index >= 15 is 0 Å². The summed E-state index contributed by atoms with van der Waals surface area (Å²) in [5.41, 5.74) is 4.48. The van der Waals surface area contributed by atoms with Crippen LogP contribution >= 0.6 is 11.3 Å². The van der Waals surface area contributed by atoms with Crippen LogP contribution in [0.15, 0.2) is 54.6 Å². The smallest absolute Gasteiger partial charge is 0.124 e. The fourth-order valence-corrected chi connectivity index (χ4v) is 4.40. The van der Waals surface area contributed by atoms with Gasteiger partial charge in [-0.2, -0.15) is 5.26 Å². The molecule has 5 rings (SSSR count). The summed E-state index contributed by atoms with van der Waals surface area (Å²) >= 11 is 1.47. The van der Waals surface area contributed by atoms with Crippen LogP contribution in [0.25, 0.3) is 22.2 Å². The first-order chi connectivity index (χ1) is 14.8. The summed E-state index contributed by atoms with van der Waals surface area (Å²) in [6.07, 6.45) is 6.79. The predicted octanol–water partition coefficient (Wildman–Crippen LogP) is 3.64. The van der Waals surface area contributed by atoms with E-state index in [9.17, 15) is 5.26 Å². The first-order valence-electron chi connectivity index (χ1n) is 9.65. The highest BCUT2D eigenvalue weighted by molar-refractivity contribution is 7.09. The molecule has 0 N–H and O–H groups in total. The summed E-state index contributed by atoms with van der Waals surface area (Å²) in [7, 11) is 0. The predicted molar refractivity (Wildman–Crippen MR) is 115 cm³/mol. The summed E-state index contributed by atoms with van der Waals surface area (Å²) in [6, 6.07) is 10.6. The average Bonchev–Trinajstić information content (AvgIpc) is 3.34. The van der Waals surface area contributed by atoms with E-state index < -0.39 is 5.92 Å². The van der Waals surface area contributed by atoms with Crippen LogP contribution in [0.5, 0.6) is 0 Å². The second-order valence-corrected chi connectivity index (χ2v) is 7.89. The molecule has 30 heavy (non-hydrogen) atoms. The van der Waals surface area contributed by atoms with E-state index in [2.05, 4.69) is 49.1 Å². The normalized spacial score (nSPS) is 15.1. The van der Waals surface area contributed by atoms with Crippen molar-refractivity contribution in [2.75, 3.05) is 31.2 Å². The molecule has 1 aliphatic heterocycles. The summed E-state index contributed by atoms with van der Waals surface area (Å²) in [5, 5.41) is 13.3. The minimum atomic E-state index is -0.446. The number of fused-ring (bicyclic) bond motifs is 1. The number of rotatable bonds is 4. The molecule has 0 radical (unpaired) electrons. The fraction of sp³-hybridized carbons (Fsp3) is 0.227. The molecule has 1 saturated heterocycles. The zero-order valence-electron chi connectivity index (χ0n) is 16.1. The molecule has 4 heterocycles. The van der Waals surface area contributed by atoms with Crippen molar-refractivity contribution in [2.45, 2.75) is 5.92 Å². The third-order valence-electron chi connectivity index (χ3n) is 5.19. The van der Waals surface area contributed by atoms with Gasteiger partial charge in [-0.25, -0.2) is 15.0 Å². The topological polar surface area (TPSA) is 87.8 Å². The lowest BCUT2D eigenvalue weighted by Gasteiger charge is -2.29. The van der Waals surface area contributed by atoms with E-state index in [0.717, 1.165) is 64.7 Å². The lowest BCUT2D eigenvalue weighted by Crippen LogP contribution is -2.36. The molecule has 0 amide bonds. The van der Waals surface area contributed by atoms with Gasteiger partial charge in [-0.3, -0.25) is 4.98 Å². The quantitative estimate of drug-likeness (QED) is 0.504. The maximum Gasteiger partial charge on any atom is 0.124 e. The zero-order valence-corrected chi connectivity index (χ0v) is 16.9. The van der Waals surface area contributed by atoms with Crippen molar-refractivity contribution in [1.82, 2.24) is 19.9 Å². The van der Waals surface area contributed by atoms with Gasteiger partial charge >= 0.3 is 0 Å². The van der Waals surface area contributed by atoms with Gasteiger partial charge in [0.15, 0.2) is 0 Å². The molecule has 0 spiro atoms. The highest BCUT2D eigenvalue weighted by Crippen LogP contribution is 2.31. The van der Waals surface area contributed by atoms with Crippen molar-refractivity contribution in [2.24, 2.45) is 0 Å². The Morgan fingerprint density at radius 3 is 2.80 bits per heavy atom. The van der Waals surface area contributed by atoms with Gasteiger partial charge in [0.05, 0.1) is 30.5 Å². The molecule has 1 fully saturated rings. The van der Waals surface area contributed by atoms with Crippen LogP contribution in [0, 0.1) is 11.3 Å². The maximum atomic E-state index is 9.69. The van der Waals surface area contributed by atoms with Gasteiger partial charge in [0, 0.05) is 53.7 Å². The van der Waals surface area contributed by atoms with Crippen molar-refractivity contribution in [3.8, 4) is 17.3 Å². The Labute approximate surface area is 177 Å². The van der Waals surface area contributed by atoms with Crippen molar-refractivity contribution >= 4 is 27.9 Å². The Hall–Kier alpha value is -3.41. The van der Waals surface area contributed by atoms with Gasteiger partial charge in [-0.1, -0.05) is 0 Å². The molecule has 1 unspecified atom stereocenters. The number of anilines is 1. The van der Waals surface area contributed by atoms with Gasteiger partial charge in [0.1, 0.15) is 17.3 Å². The van der Waals surface area contributed by atoms with Gasteiger partial charge < -0.3 is 9.64 Å². The number of aromatic nitrogens is 4. The molecular formula is C22H18N6OS. The van der Waals surface area contributed by atoms with Crippen molar-refractivity contribution in [1.29, 1.82) is 5.26 Å². The standard InChI is InChI=1S/C22H18N6OS/c23-11-19(22-25-3-8-30-22)15-9-16(13-24-12-15)21-18-2-1-17(10-20(18)26-14-27-21)28-4-6-29-7-5-28/h1-3,8-10,12-14,19H,4-7H2. The summed E-state index contributed by atoms with van der Waals surface area (Å²) in [4.78, 5) is 20.0. The lowest BCUT2D eigenvalue weighted by molar-refractivity contribution is 0.122. The molecule has 1 aliphatic rings. The number of pyridine rings is 1. The number of benzene rings is 1. The first kappa shape index (κ1) is 18.6. The molecule has 0 saturated carbocycles. The van der Waals surface area contributed by atoms with Gasteiger partial charge in [0.2, 0.25) is 0 Å². The van der Waals surface area contributed by atoms with Crippen LogP contribution in [0.1, 0.15) is 16.5 Å². The van der Waals surface area contributed by atoms with Gasteiger partial charge in [-0.15, -0.1) is 11.3 Å². The molecule has 1 aromatic carbocycles. The third-order valence-corrected chi connectivity index (χ3v) is 6.03. The van der Waals surface area contributed by atoms with Gasteiger partial charge in [-0.05, 0) is 29.8 Å². The van der Waals surface area contributed by atoms with Crippen LogP contribution < -0.4 is 4.90 Å². The molecular weight excluding hydrogens is 396 g/mol. The van der Waals surface area contributed by atoms with E-state index in [1.807, 2.05) is 11.4 Å². The van der Waals surface area contributed by atoms with Crippen LogP contribution in [0.3, 0.4) is 0 Å². The third kappa shape index (κ3) is 3.49. The number of morpholine rings is 1. The summed E-state index contributed by atoms with van der Waals surface area (Å²) in [5.74, 6) is -0.446. The fourth-order valence-electron chi connectivity index (χ4n) is 3.69. The number of nitrogens with zero attached hydrogens (tertiary/aromatic N) is 6. The molecule has 4 aromatic rings. The highest BCUT2D eigenvalue weighted by Gasteiger charge is 2.18. The summed E-state index contributed by atoms with van der Waals surface area (Å²) in [6.45, 7) is 3.23. The monoisotopic (exact) mass is 414 g/mol. The van der Waals surface area contributed by atoms with E-state index in [0.29, 0.717) is 0 Å². The zero-order chi connectivity index (χ0) is 20.3. The number of thiazole rings is 1. The number of hydrogen-bond donors (Lipinski definition) is 0. The number of nitriles is 1. The Morgan fingerprint density at radius 2 is 2.00 bits per heavy atom. The molecule has 0 aliphatic carbocycles. The largest absolute Gasteiger partial charge is 0.378 e. The summed E-state index contributed by atoms with van der Waals surface area (Å²) < 4.78 is 5.45. The minimum Gasteiger partial charge on any atom is -0.378 e.